The van der Waals surface area contributed by atoms with Crippen molar-refractivity contribution in [3.63, 3.8) is 0 Å². The van der Waals surface area contributed by atoms with Crippen LogP contribution >= 0.6 is 0 Å². The number of hydrogen-bond donors (Lipinski definition) is 1. The molecule has 26 heavy (non-hydrogen) atoms. The van der Waals surface area contributed by atoms with E-state index >= 15 is 0 Å². The third-order valence-electron chi connectivity index (χ3n) is 4.86. The van der Waals surface area contributed by atoms with Gasteiger partial charge >= 0.3 is 6.03 Å². The zero-order valence-electron chi connectivity index (χ0n) is 15.8. The normalized spacial score (nSPS) is 15.8. The molecule has 2 rings (SSSR count). The molecular weight excluding hydrogens is 338 g/mol. The zero-order valence-corrected chi connectivity index (χ0v) is 15.8. The SMILES string of the molecule is CCN1CCN(CCCCNC(=O)N(C)Cc2ccc(F)cc2F)CC1. The van der Waals surface area contributed by atoms with Gasteiger partial charge in [-0.15, -0.1) is 0 Å². The maximum absolute atomic E-state index is 13.6. The van der Waals surface area contributed by atoms with Crippen molar-refractivity contribution in [3.8, 4) is 0 Å². The van der Waals surface area contributed by atoms with E-state index in [1.807, 2.05) is 0 Å². The Bertz CT molecular complexity index is 577. The van der Waals surface area contributed by atoms with Gasteiger partial charge in [-0.1, -0.05) is 13.0 Å². The summed E-state index contributed by atoms with van der Waals surface area (Å²) >= 11 is 0. The second kappa shape index (κ2) is 10.4. The molecule has 1 aromatic carbocycles. The van der Waals surface area contributed by atoms with Crippen LogP contribution in [0, 0.1) is 11.6 Å². The Morgan fingerprint density at radius 1 is 1.15 bits per heavy atom. The van der Waals surface area contributed by atoms with Crippen molar-refractivity contribution in [1.82, 2.24) is 20.0 Å². The molecule has 7 heteroatoms. The van der Waals surface area contributed by atoms with E-state index in [0.29, 0.717) is 12.1 Å². The lowest BCUT2D eigenvalue weighted by molar-refractivity contribution is 0.135. The highest BCUT2D eigenvalue weighted by Crippen LogP contribution is 2.11. The molecule has 0 radical (unpaired) electrons. The molecule has 146 valence electrons. The summed E-state index contributed by atoms with van der Waals surface area (Å²) in [6, 6.07) is 3.16. The molecular formula is C19H30F2N4O. The van der Waals surface area contributed by atoms with Crippen LogP contribution in [0.2, 0.25) is 0 Å². The Hall–Kier alpha value is -1.73. The van der Waals surface area contributed by atoms with Crippen molar-refractivity contribution in [2.24, 2.45) is 0 Å². The van der Waals surface area contributed by atoms with Crippen molar-refractivity contribution < 1.29 is 13.6 Å². The van der Waals surface area contributed by atoms with Crippen molar-refractivity contribution in [2.75, 3.05) is 52.9 Å². The van der Waals surface area contributed by atoms with Crippen LogP contribution < -0.4 is 5.32 Å². The minimum Gasteiger partial charge on any atom is -0.338 e. The van der Waals surface area contributed by atoms with E-state index in [4.69, 9.17) is 0 Å². The van der Waals surface area contributed by atoms with Crippen LogP contribution in [-0.4, -0.2) is 73.6 Å². The lowest BCUT2D eigenvalue weighted by Crippen LogP contribution is -2.46. The number of hydrogen-bond acceptors (Lipinski definition) is 3. The number of unbranched alkanes of at least 4 members (excludes halogenated alkanes) is 1. The van der Waals surface area contributed by atoms with Crippen LogP contribution in [0.3, 0.4) is 0 Å². The Morgan fingerprint density at radius 3 is 2.50 bits per heavy atom. The molecule has 5 nitrogen and oxygen atoms in total. The number of rotatable bonds is 8. The van der Waals surface area contributed by atoms with Crippen molar-refractivity contribution in [1.29, 1.82) is 0 Å². The molecule has 2 amide bonds. The first-order valence-corrected chi connectivity index (χ1v) is 9.37. The summed E-state index contributed by atoms with van der Waals surface area (Å²) in [5.74, 6) is -1.25. The summed E-state index contributed by atoms with van der Waals surface area (Å²) in [5, 5.41) is 2.85. The number of benzene rings is 1. The number of carbonyl (C=O) groups excluding carboxylic acids is 1. The lowest BCUT2D eigenvalue weighted by atomic mass is 10.2. The summed E-state index contributed by atoms with van der Waals surface area (Å²) in [4.78, 5) is 18.4. The topological polar surface area (TPSA) is 38.8 Å². The van der Waals surface area contributed by atoms with Gasteiger partial charge in [0.25, 0.3) is 0 Å². The number of nitrogens with one attached hydrogen (secondary N) is 1. The first-order chi connectivity index (χ1) is 12.5. The Kier molecular flexibility index (Phi) is 8.25. The van der Waals surface area contributed by atoms with E-state index in [1.165, 1.54) is 17.0 Å². The van der Waals surface area contributed by atoms with Crippen LogP contribution in [-0.2, 0) is 6.54 Å². The predicted molar refractivity (Wildman–Crippen MR) is 99.0 cm³/mol. The fraction of sp³-hybridized carbons (Fsp3) is 0.632. The van der Waals surface area contributed by atoms with Gasteiger partial charge in [-0.05, 0) is 32.0 Å². The fourth-order valence-electron chi connectivity index (χ4n) is 3.10. The Morgan fingerprint density at radius 2 is 1.85 bits per heavy atom. The number of urea groups is 1. The quantitative estimate of drug-likeness (QED) is 0.717. The van der Waals surface area contributed by atoms with Crippen LogP contribution in [0.1, 0.15) is 25.3 Å². The molecule has 1 N–H and O–H groups in total. The number of amides is 2. The Labute approximate surface area is 154 Å². The summed E-state index contributed by atoms with van der Waals surface area (Å²) < 4.78 is 26.6. The van der Waals surface area contributed by atoms with Crippen LogP contribution in [0.25, 0.3) is 0 Å². The van der Waals surface area contributed by atoms with Crippen molar-refractivity contribution in [2.45, 2.75) is 26.3 Å². The number of halogens is 2. The molecule has 0 unspecified atom stereocenters. The third-order valence-corrected chi connectivity index (χ3v) is 4.86. The average Bonchev–Trinajstić information content (AvgIpc) is 2.64. The first-order valence-electron chi connectivity index (χ1n) is 9.37. The Balaban J connectivity index is 1.59. The molecule has 0 aliphatic carbocycles. The predicted octanol–water partition coefficient (Wildman–Crippen LogP) is 2.52. The maximum atomic E-state index is 13.6. The van der Waals surface area contributed by atoms with Crippen LogP contribution in [0.5, 0.6) is 0 Å². The number of likely N-dealkylation sites (N-methyl/N-ethyl adjacent to an activating group) is 1. The molecule has 0 saturated carbocycles. The van der Waals surface area contributed by atoms with E-state index in [1.54, 1.807) is 7.05 Å². The highest BCUT2D eigenvalue weighted by atomic mass is 19.1. The van der Waals surface area contributed by atoms with Gasteiger partial charge in [0, 0.05) is 57.9 Å². The third kappa shape index (κ3) is 6.53. The molecule has 1 fully saturated rings. The minimum atomic E-state index is -0.632. The van der Waals surface area contributed by atoms with Crippen molar-refractivity contribution in [3.05, 3.63) is 35.4 Å². The first kappa shape index (κ1) is 20.6. The van der Waals surface area contributed by atoms with Gasteiger partial charge in [0.2, 0.25) is 0 Å². The summed E-state index contributed by atoms with van der Waals surface area (Å²) in [6.45, 7) is 9.59. The van der Waals surface area contributed by atoms with E-state index < -0.39 is 11.6 Å². The summed E-state index contributed by atoms with van der Waals surface area (Å²) in [5.41, 5.74) is 0.301. The molecule has 0 bridgehead atoms. The molecule has 1 aromatic rings. The largest absolute Gasteiger partial charge is 0.338 e. The highest BCUT2D eigenvalue weighted by Gasteiger charge is 2.15. The summed E-state index contributed by atoms with van der Waals surface area (Å²) in [6.07, 6.45) is 1.96. The molecule has 0 spiro atoms. The molecule has 0 aromatic heterocycles. The molecule has 1 saturated heterocycles. The monoisotopic (exact) mass is 368 g/mol. The van der Waals surface area contributed by atoms with E-state index in [-0.39, 0.29) is 12.6 Å². The number of carbonyl (C=O) groups is 1. The van der Waals surface area contributed by atoms with E-state index in [0.717, 1.165) is 58.2 Å². The minimum absolute atomic E-state index is 0.111. The molecule has 1 heterocycles. The van der Waals surface area contributed by atoms with Gasteiger partial charge in [-0.2, -0.15) is 0 Å². The van der Waals surface area contributed by atoms with Gasteiger partial charge in [-0.25, -0.2) is 13.6 Å². The average molecular weight is 368 g/mol. The summed E-state index contributed by atoms with van der Waals surface area (Å²) in [7, 11) is 1.60. The van der Waals surface area contributed by atoms with Gasteiger partial charge in [-0.3, -0.25) is 0 Å². The molecule has 1 aliphatic rings. The lowest BCUT2D eigenvalue weighted by Gasteiger charge is -2.34. The zero-order chi connectivity index (χ0) is 18.9. The second-order valence-electron chi connectivity index (χ2n) is 6.81. The van der Waals surface area contributed by atoms with E-state index in [9.17, 15) is 13.6 Å². The highest BCUT2D eigenvalue weighted by molar-refractivity contribution is 5.73. The standard InChI is InChI=1S/C19H30F2N4O/c1-3-24-10-12-25(13-11-24)9-5-4-8-22-19(26)23(2)15-16-6-7-17(20)14-18(16)21/h6-7,14H,3-5,8-13,15H2,1-2H3,(H,22,26). The van der Waals surface area contributed by atoms with Gasteiger partial charge in [0.05, 0.1) is 0 Å². The van der Waals surface area contributed by atoms with Crippen LogP contribution in [0.15, 0.2) is 18.2 Å². The van der Waals surface area contributed by atoms with E-state index in [2.05, 4.69) is 22.0 Å². The van der Waals surface area contributed by atoms with Crippen molar-refractivity contribution >= 4 is 6.03 Å². The van der Waals surface area contributed by atoms with Crippen LogP contribution in [0.4, 0.5) is 13.6 Å². The smallest absolute Gasteiger partial charge is 0.317 e. The van der Waals surface area contributed by atoms with Gasteiger partial charge in [0.1, 0.15) is 11.6 Å². The van der Waals surface area contributed by atoms with Gasteiger partial charge in [0.15, 0.2) is 0 Å². The number of piperazine rings is 1. The maximum Gasteiger partial charge on any atom is 0.317 e. The molecule has 0 atom stereocenters. The second-order valence-corrected chi connectivity index (χ2v) is 6.81. The fourth-order valence-corrected chi connectivity index (χ4v) is 3.10. The molecule has 1 aliphatic heterocycles. The number of nitrogens with zero attached hydrogens (tertiary/aromatic N) is 3. The van der Waals surface area contributed by atoms with Gasteiger partial charge < -0.3 is 20.0 Å².